The summed E-state index contributed by atoms with van der Waals surface area (Å²) in [7, 11) is 0. The van der Waals surface area contributed by atoms with Crippen LogP contribution in [0.3, 0.4) is 0 Å². The zero-order chi connectivity index (χ0) is 14.1. The maximum absolute atomic E-state index is 13.7. The van der Waals surface area contributed by atoms with Crippen LogP contribution in [0.25, 0.3) is 11.0 Å². The minimum absolute atomic E-state index is 0.198. The van der Waals surface area contributed by atoms with Gasteiger partial charge in [-0.15, -0.1) is 0 Å². The van der Waals surface area contributed by atoms with Crippen molar-refractivity contribution < 1.29 is 4.39 Å². The highest BCUT2D eigenvalue weighted by Crippen LogP contribution is 2.19. The normalized spacial score (nSPS) is 10.9. The molecule has 2 heterocycles. The fraction of sp³-hybridized carbons (Fsp3) is 0.200. The van der Waals surface area contributed by atoms with Gasteiger partial charge < -0.3 is 5.32 Å². The van der Waals surface area contributed by atoms with Crippen LogP contribution in [0, 0.1) is 19.7 Å². The molecule has 0 aliphatic rings. The maximum atomic E-state index is 13.7. The summed E-state index contributed by atoms with van der Waals surface area (Å²) >= 11 is 0. The molecule has 102 valence electrons. The summed E-state index contributed by atoms with van der Waals surface area (Å²) in [6.07, 6.45) is 1.70. The summed E-state index contributed by atoms with van der Waals surface area (Å²) in [5.74, 6) is -0.198. The number of H-pyrrole nitrogens is 1. The molecule has 0 amide bonds. The molecule has 20 heavy (non-hydrogen) atoms. The van der Waals surface area contributed by atoms with Gasteiger partial charge in [0.1, 0.15) is 5.82 Å². The van der Waals surface area contributed by atoms with E-state index in [9.17, 15) is 4.39 Å². The first-order valence-electron chi connectivity index (χ1n) is 6.43. The van der Waals surface area contributed by atoms with Crippen molar-refractivity contribution in [2.75, 3.05) is 5.32 Å². The zero-order valence-corrected chi connectivity index (χ0v) is 11.4. The number of aromatic amines is 1. The van der Waals surface area contributed by atoms with E-state index in [0.29, 0.717) is 17.8 Å². The molecule has 0 saturated heterocycles. The summed E-state index contributed by atoms with van der Waals surface area (Å²) in [5.41, 5.74) is 4.20. The summed E-state index contributed by atoms with van der Waals surface area (Å²) in [4.78, 5) is 4.26. The van der Waals surface area contributed by atoms with Crippen LogP contribution in [0.4, 0.5) is 10.1 Å². The van der Waals surface area contributed by atoms with E-state index in [1.165, 1.54) is 6.07 Å². The monoisotopic (exact) mass is 270 g/mol. The van der Waals surface area contributed by atoms with E-state index >= 15 is 0 Å². The highest BCUT2D eigenvalue weighted by molar-refractivity contribution is 5.80. The number of pyridine rings is 1. The quantitative estimate of drug-likeness (QED) is 0.767. The van der Waals surface area contributed by atoms with Crippen molar-refractivity contribution in [2.24, 2.45) is 0 Å². The molecular formula is C15H15FN4. The number of anilines is 1. The van der Waals surface area contributed by atoms with Crippen molar-refractivity contribution in [1.82, 2.24) is 15.2 Å². The highest BCUT2D eigenvalue weighted by atomic mass is 19.1. The maximum Gasteiger partial charge on any atom is 0.181 e. The van der Waals surface area contributed by atoms with Gasteiger partial charge in [0, 0.05) is 23.2 Å². The average Bonchev–Trinajstić information content (AvgIpc) is 2.81. The first-order valence-corrected chi connectivity index (χ1v) is 6.43. The Labute approximate surface area is 116 Å². The minimum Gasteiger partial charge on any atom is -0.380 e. The Hall–Kier alpha value is -2.43. The molecular weight excluding hydrogens is 255 g/mol. The van der Waals surface area contributed by atoms with Crippen LogP contribution in [0.1, 0.15) is 16.8 Å². The van der Waals surface area contributed by atoms with Crippen molar-refractivity contribution in [3.63, 3.8) is 0 Å². The summed E-state index contributed by atoms with van der Waals surface area (Å²) < 4.78 is 13.7. The van der Waals surface area contributed by atoms with E-state index in [1.807, 2.05) is 26.0 Å². The molecule has 0 bridgehead atoms. The van der Waals surface area contributed by atoms with Crippen LogP contribution >= 0.6 is 0 Å². The standard InChI is InChI=1S/C15H15FN4/c1-9-3-4-14(16)11(5-9)7-17-12-6-13-10(2)19-20-15(13)18-8-12/h3-6,8,17H,7H2,1-2H3,(H,18,19,20). The number of aromatic nitrogens is 3. The van der Waals surface area contributed by atoms with Crippen LogP contribution in [-0.2, 0) is 6.54 Å². The van der Waals surface area contributed by atoms with Crippen molar-refractivity contribution in [2.45, 2.75) is 20.4 Å². The van der Waals surface area contributed by atoms with Gasteiger partial charge in [-0.2, -0.15) is 5.10 Å². The Morgan fingerprint density at radius 2 is 2.10 bits per heavy atom. The molecule has 0 atom stereocenters. The molecule has 3 rings (SSSR count). The van der Waals surface area contributed by atoms with E-state index in [-0.39, 0.29) is 5.82 Å². The van der Waals surface area contributed by atoms with Crippen molar-refractivity contribution in [1.29, 1.82) is 0 Å². The van der Waals surface area contributed by atoms with Crippen LogP contribution in [0.2, 0.25) is 0 Å². The second-order valence-corrected chi connectivity index (χ2v) is 4.89. The fourth-order valence-corrected chi connectivity index (χ4v) is 2.15. The number of rotatable bonds is 3. The lowest BCUT2D eigenvalue weighted by Gasteiger charge is -2.08. The first kappa shape index (κ1) is 12.6. The van der Waals surface area contributed by atoms with E-state index < -0.39 is 0 Å². The average molecular weight is 270 g/mol. The molecule has 0 spiro atoms. The number of fused-ring (bicyclic) bond motifs is 1. The number of halogens is 1. The smallest absolute Gasteiger partial charge is 0.181 e. The molecule has 2 N–H and O–H groups in total. The van der Waals surface area contributed by atoms with E-state index in [4.69, 9.17) is 0 Å². The predicted molar refractivity (Wildman–Crippen MR) is 77.1 cm³/mol. The number of benzene rings is 1. The summed E-state index contributed by atoms with van der Waals surface area (Å²) in [5, 5.41) is 11.1. The Morgan fingerprint density at radius 3 is 2.95 bits per heavy atom. The highest BCUT2D eigenvalue weighted by Gasteiger charge is 2.05. The van der Waals surface area contributed by atoms with Gasteiger partial charge in [0.25, 0.3) is 0 Å². The SMILES string of the molecule is Cc1ccc(F)c(CNc2cnc3n[nH]c(C)c3c2)c1. The molecule has 3 aromatic rings. The van der Waals surface area contributed by atoms with Gasteiger partial charge in [0.15, 0.2) is 5.65 Å². The molecule has 0 saturated carbocycles. The third-order valence-corrected chi connectivity index (χ3v) is 3.28. The lowest BCUT2D eigenvalue weighted by atomic mass is 10.1. The fourth-order valence-electron chi connectivity index (χ4n) is 2.15. The van der Waals surface area contributed by atoms with Gasteiger partial charge in [0.05, 0.1) is 11.9 Å². The van der Waals surface area contributed by atoms with Crippen molar-refractivity contribution in [3.8, 4) is 0 Å². The molecule has 0 radical (unpaired) electrons. The molecule has 0 unspecified atom stereocenters. The Balaban J connectivity index is 1.82. The molecule has 5 heteroatoms. The molecule has 1 aromatic carbocycles. The Bertz CT molecular complexity index is 764. The summed E-state index contributed by atoms with van der Waals surface area (Å²) in [6.45, 7) is 4.32. The molecule has 0 aliphatic heterocycles. The number of nitrogens with zero attached hydrogens (tertiary/aromatic N) is 2. The van der Waals surface area contributed by atoms with Crippen LogP contribution in [0.15, 0.2) is 30.5 Å². The number of aryl methyl sites for hydroxylation is 2. The van der Waals surface area contributed by atoms with Gasteiger partial charge in [0.2, 0.25) is 0 Å². The van der Waals surface area contributed by atoms with Gasteiger partial charge in [-0.25, -0.2) is 9.37 Å². The van der Waals surface area contributed by atoms with Gasteiger partial charge >= 0.3 is 0 Å². The van der Waals surface area contributed by atoms with Crippen LogP contribution in [0.5, 0.6) is 0 Å². The lowest BCUT2D eigenvalue weighted by Crippen LogP contribution is -2.02. The largest absolute Gasteiger partial charge is 0.380 e. The predicted octanol–water partition coefficient (Wildman–Crippen LogP) is 3.33. The Kier molecular flexibility index (Phi) is 3.10. The topological polar surface area (TPSA) is 53.6 Å². The third kappa shape index (κ3) is 2.34. The molecule has 2 aromatic heterocycles. The number of hydrogen-bond acceptors (Lipinski definition) is 3. The van der Waals surface area contributed by atoms with Crippen LogP contribution < -0.4 is 5.32 Å². The van der Waals surface area contributed by atoms with E-state index in [2.05, 4.69) is 20.5 Å². The summed E-state index contributed by atoms with van der Waals surface area (Å²) in [6, 6.07) is 7.07. The number of hydrogen-bond donors (Lipinski definition) is 2. The first-order chi connectivity index (χ1) is 9.63. The van der Waals surface area contributed by atoms with Gasteiger partial charge in [-0.1, -0.05) is 17.7 Å². The van der Waals surface area contributed by atoms with Crippen molar-refractivity contribution >= 4 is 16.7 Å². The lowest BCUT2D eigenvalue weighted by molar-refractivity contribution is 0.612. The van der Waals surface area contributed by atoms with E-state index in [0.717, 1.165) is 22.3 Å². The van der Waals surface area contributed by atoms with Crippen molar-refractivity contribution in [3.05, 3.63) is 53.1 Å². The molecule has 4 nitrogen and oxygen atoms in total. The Morgan fingerprint density at radius 1 is 1.25 bits per heavy atom. The second kappa shape index (κ2) is 4.92. The third-order valence-electron chi connectivity index (χ3n) is 3.28. The molecule has 0 fully saturated rings. The van der Waals surface area contributed by atoms with Gasteiger partial charge in [-0.3, -0.25) is 5.10 Å². The van der Waals surface area contributed by atoms with Gasteiger partial charge in [-0.05, 0) is 26.0 Å². The minimum atomic E-state index is -0.198. The zero-order valence-electron chi connectivity index (χ0n) is 11.4. The molecule has 0 aliphatic carbocycles. The number of nitrogens with one attached hydrogen (secondary N) is 2. The van der Waals surface area contributed by atoms with Crippen LogP contribution in [-0.4, -0.2) is 15.2 Å². The second-order valence-electron chi connectivity index (χ2n) is 4.89. The van der Waals surface area contributed by atoms with E-state index in [1.54, 1.807) is 12.3 Å².